The van der Waals surface area contributed by atoms with Gasteiger partial charge in [-0.2, -0.15) is 5.10 Å². The zero-order valence-electron chi connectivity index (χ0n) is 17.7. The van der Waals surface area contributed by atoms with Crippen LogP contribution in [0.3, 0.4) is 0 Å². The first-order valence-electron chi connectivity index (χ1n) is 9.97. The van der Waals surface area contributed by atoms with Gasteiger partial charge in [0.15, 0.2) is 17.3 Å². The van der Waals surface area contributed by atoms with Crippen molar-refractivity contribution in [2.45, 2.75) is 20.8 Å². The maximum atomic E-state index is 12.0. The highest BCUT2D eigenvalue weighted by atomic mass is 16.7. The summed E-state index contributed by atoms with van der Waals surface area (Å²) in [6.45, 7) is 7.22. The molecule has 0 unspecified atom stereocenters. The molecule has 0 radical (unpaired) electrons. The molecular weight excluding hydrogens is 396 g/mol. The highest BCUT2D eigenvalue weighted by Crippen LogP contribution is 2.32. The molecule has 2 aromatic heterocycles. The van der Waals surface area contributed by atoms with Crippen LogP contribution in [0.2, 0.25) is 0 Å². The van der Waals surface area contributed by atoms with Gasteiger partial charge in [-0.05, 0) is 62.2 Å². The van der Waals surface area contributed by atoms with Crippen LogP contribution in [-0.2, 0) is 4.79 Å². The first-order chi connectivity index (χ1) is 15.0. The number of nitrogens with one attached hydrogen (secondary N) is 2. The van der Waals surface area contributed by atoms with Crippen LogP contribution in [0.1, 0.15) is 22.5 Å². The summed E-state index contributed by atoms with van der Waals surface area (Å²) >= 11 is 0. The molecule has 0 bridgehead atoms. The number of aryl methyl sites for hydroxylation is 1. The van der Waals surface area contributed by atoms with Gasteiger partial charge in [0.25, 0.3) is 0 Å². The third-order valence-corrected chi connectivity index (χ3v) is 5.07. The van der Waals surface area contributed by atoms with Crippen molar-refractivity contribution in [1.29, 1.82) is 0 Å². The van der Waals surface area contributed by atoms with E-state index in [2.05, 4.69) is 25.9 Å². The largest absolute Gasteiger partial charge is 0.454 e. The highest BCUT2D eigenvalue weighted by Gasteiger charge is 2.12. The second-order valence-electron chi connectivity index (χ2n) is 7.15. The quantitative estimate of drug-likeness (QED) is 0.447. The fourth-order valence-corrected chi connectivity index (χ4v) is 3.10. The number of ether oxygens (including phenoxy) is 2. The van der Waals surface area contributed by atoms with Gasteiger partial charge in [0.05, 0.1) is 5.69 Å². The van der Waals surface area contributed by atoms with Crippen molar-refractivity contribution >= 4 is 17.8 Å². The first kappa shape index (κ1) is 20.4. The minimum Gasteiger partial charge on any atom is -0.454 e. The van der Waals surface area contributed by atoms with Gasteiger partial charge >= 0.3 is 0 Å². The van der Waals surface area contributed by atoms with E-state index < -0.39 is 0 Å². The summed E-state index contributed by atoms with van der Waals surface area (Å²) < 4.78 is 12.4. The van der Waals surface area contributed by atoms with Gasteiger partial charge in [-0.15, -0.1) is 10.2 Å². The van der Waals surface area contributed by atoms with E-state index in [0.717, 1.165) is 22.5 Å². The Labute approximate surface area is 180 Å². The molecule has 0 atom stereocenters. The zero-order valence-corrected chi connectivity index (χ0v) is 17.7. The molecule has 9 nitrogen and oxygen atoms in total. The molecule has 4 rings (SSSR count). The molecule has 31 heavy (non-hydrogen) atoms. The molecular formula is C22H24N6O3. The Hall–Kier alpha value is -3.88. The number of benzene rings is 1. The summed E-state index contributed by atoms with van der Waals surface area (Å²) in [5, 5.41) is 18.9. The summed E-state index contributed by atoms with van der Waals surface area (Å²) in [5.41, 5.74) is 4.03. The third kappa shape index (κ3) is 4.66. The second kappa shape index (κ2) is 8.86. The number of anilines is 1. The predicted molar refractivity (Wildman–Crippen MR) is 116 cm³/mol. The monoisotopic (exact) mass is 420 g/mol. The number of amides is 1. The lowest BCUT2D eigenvalue weighted by atomic mass is 10.2. The van der Waals surface area contributed by atoms with E-state index in [1.54, 1.807) is 10.8 Å². The molecule has 160 valence electrons. The van der Waals surface area contributed by atoms with Crippen LogP contribution in [0, 0.1) is 20.8 Å². The number of hydrogen-bond acceptors (Lipinski definition) is 7. The van der Waals surface area contributed by atoms with E-state index in [1.807, 2.05) is 51.1 Å². The van der Waals surface area contributed by atoms with Crippen molar-refractivity contribution in [3.8, 4) is 17.3 Å². The van der Waals surface area contributed by atoms with Gasteiger partial charge in [0.1, 0.15) is 5.82 Å². The Morgan fingerprint density at radius 3 is 2.68 bits per heavy atom. The molecule has 3 heterocycles. The summed E-state index contributed by atoms with van der Waals surface area (Å²) in [6.07, 6.45) is 3.22. The molecule has 1 aliphatic rings. The Morgan fingerprint density at radius 1 is 1.10 bits per heavy atom. The maximum Gasteiger partial charge on any atom is 0.244 e. The van der Waals surface area contributed by atoms with E-state index in [9.17, 15) is 4.79 Å². The lowest BCUT2D eigenvalue weighted by molar-refractivity contribution is -0.116. The van der Waals surface area contributed by atoms with Gasteiger partial charge in [-0.3, -0.25) is 4.79 Å². The van der Waals surface area contributed by atoms with Crippen molar-refractivity contribution in [3.05, 3.63) is 58.9 Å². The van der Waals surface area contributed by atoms with Crippen LogP contribution in [0.25, 0.3) is 11.9 Å². The Balaban J connectivity index is 1.23. The minimum atomic E-state index is -0.180. The standard InChI is InChI=1S/C22H24N6O3/c1-14-15(2)27-28(16(14)3)21-8-7-20(25-26-21)23-10-11-24-22(29)9-5-17-4-6-18-19(12-17)31-13-30-18/h4-9,12H,10-11,13H2,1-3H3,(H,23,25)(H,24,29)/b9-5+. The lowest BCUT2D eigenvalue weighted by Gasteiger charge is -2.07. The SMILES string of the molecule is Cc1nn(-c2ccc(NCCNC(=O)/C=C/c3ccc4c(c3)OCO4)nn2)c(C)c1C. The molecule has 0 spiro atoms. The third-order valence-electron chi connectivity index (χ3n) is 5.07. The number of carbonyl (C=O) groups is 1. The number of nitrogens with zero attached hydrogens (tertiary/aromatic N) is 4. The van der Waals surface area contributed by atoms with Crippen molar-refractivity contribution < 1.29 is 14.3 Å². The molecule has 1 aromatic carbocycles. The molecule has 0 saturated carbocycles. The van der Waals surface area contributed by atoms with Crippen molar-refractivity contribution in [2.24, 2.45) is 0 Å². The van der Waals surface area contributed by atoms with Gasteiger partial charge in [-0.25, -0.2) is 4.68 Å². The van der Waals surface area contributed by atoms with Gasteiger partial charge < -0.3 is 20.1 Å². The Bertz CT molecular complexity index is 1120. The van der Waals surface area contributed by atoms with Crippen LogP contribution in [0.15, 0.2) is 36.4 Å². The van der Waals surface area contributed by atoms with Crippen LogP contribution >= 0.6 is 0 Å². The molecule has 0 aliphatic carbocycles. The summed E-state index contributed by atoms with van der Waals surface area (Å²) in [7, 11) is 0. The number of hydrogen-bond donors (Lipinski definition) is 2. The lowest BCUT2D eigenvalue weighted by Crippen LogP contribution is -2.27. The van der Waals surface area contributed by atoms with E-state index in [0.29, 0.717) is 36.2 Å². The molecule has 0 saturated heterocycles. The minimum absolute atomic E-state index is 0.180. The number of rotatable bonds is 7. The van der Waals surface area contributed by atoms with Gasteiger partial charge in [0.2, 0.25) is 12.7 Å². The summed E-state index contributed by atoms with van der Waals surface area (Å²) in [4.78, 5) is 12.0. The van der Waals surface area contributed by atoms with E-state index in [1.165, 1.54) is 6.08 Å². The fourth-order valence-electron chi connectivity index (χ4n) is 3.10. The van der Waals surface area contributed by atoms with Crippen LogP contribution in [-0.4, -0.2) is 45.8 Å². The average molecular weight is 420 g/mol. The van der Waals surface area contributed by atoms with Crippen molar-refractivity contribution in [1.82, 2.24) is 25.3 Å². The number of fused-ring (bicyclic) bond motifs is 1. The molecule has 0 fully saturated rings. The Kier molecular flexibility index (Phi) is 5.83. The maximum absolute atomic E-state index is 12.0. The average Bonchev–Trinajstić information content (AvgIpc) is 3.35. The van der Waals surface area contributed by atoms with Crippen molar-refractivity contribution in [2.75, 3.05) is 25.2 Å². The molecule has 3 aromatic rings. The zero-order chi connectivity index (χ0) is 21.8. The first-order valence-corrected chi connectivity index (χ1v) is 9.97. The van der Waals surface area contributed by atoms with E-state index in [4.69, 9.17) is 9.47 Å². The predicted octanol–water partition coefficient (Wildman–Crippen LogP) is 2.56. The number of carbonyl (C=O) groups excluding carboxylic acids is 1. The van der Waals surface area contributed by atoms with Crippen LogP contribution < -0.4 is 20.1 Å². The molecule has 1 amide bonds. The fraction of sp³-hybridized carbons (Fsp3) is 0.273. The summed E-state index contributed by atoms with van der Waals surface area (Å²) in [5.74, 6) is 2.52. The van der Waals surface area contributed by atoms with E-state index in [-0.39, 0.29) is 12.7 Å². The summed E-state index contributed by atoms with van der Waals surface area (Å²) in [6, 6.07) is 9.24. The van der Waals surface area contributed by atoms with Gasteiger partial charge in [-0.1, -0.05) is 6.07 Å². The molecule has 1 aliphatic heterocycles. The van der Waals surface area contributed by atoms with Crippen LogP contribution in [0.5, 0.6) is 11.5 Å². The molecule has 2 N–H and O–H groups in total. The second-order valence-corrected chi connectivity index (χ2v) is 7.15. The Morgan fingerprint density at radius 2 is 1.94 bits per heavy atom. The van der Waals surface area contributed by atoms with E-state index >= 15 is 0 Å². The highest BCUT2D eigenvalue weighted by molar-refractivity contribution is 5.91. The topological polar surface area (TPSA) is 103 Å². The van der Waals surface area contributed by atoms with Gasteiger partial charge in [0, 0.05) is 24.9 Å². The van der Waals surface area contributed by atoms with Crippen molar-refractivity contribution in [3.63, 3.8) is 0 Å². The smallest absolute Gasteiger partial charge is 0.244 e. The number of aromatic nitrogens is 4. The van der Waals surface area contributed by atoms with Crippen LogP contribution in [0.4, 0.5) is 5.82 Å². The normalized spacial score (nSPS) is 12.4. The molecule has 9 heteroatoms.